The molecule has 0 aromatic heterocycles. The molecule has 0 bridgehead atoms. The summed E-state index contributed by atoms with van der Waals surface area (Å²) in [6, 6.07) is 8.41. The summed E-state index contributed by atoms with van der Waals surface area (Å²) in [4.78, 5) is 2.62. The number of aliphatic hydroxyl groups is 1. The summed E-state index contributed by atoms with van der Waals surface area (Å²) in [6.07, 6.45) is 9.38. The van der Waals surface area contributed by atoms with Crippen LogP contribution in [0.3, 0.4) is 0 Å². The maximum atomic E-state index is 11.0. The van der Waals surface area contributed by atoms with Crippen molar-refractivity contribution in [3.63, 3.8) is 0 Å². The van der Waals surface area contributed by atoms with Crippen LogP contribution in [0.2, 0.25) is 0 Å². The van der Waals surface area contributed by atoms with E-state index in [9.17, 15) is 5.11 Å². The van der Waals surface area contributed by atoms with Crippen molar-refractivity contribution >= 4 is 15.9 Å². The summed E-state index contributed by atoms with van der Waals surface area (Å²) in [5.41, 5.74) is 1.29. The molecule has 116 valence electrons. The van der Waals surface area contributed by atoms with Crippen molar-refractivity contribution in [2.75, 3.05) is 13.1 Å². The van der Waals surface area contributed by atoms with Gasteiger partial charge in [-0.3, -0.25) is 4.90 Å². The molecule has 1 aromatic rings. The molecule has 3 heteroatoms. The van der Waals surface area contributed by atoms with Crippen LogP contribution in [-0.4, -0.2) is 34.7 Å². The van der Waals surface area contributed by atoms with Gasteiger partial charge in [0, 0.05) is 16.4 Å². The lowest BCUT2D eigenvalue weighted by atomic mass is 9.83. The second-order valence-electron chi connectivity index (χ2n) is 6.70. The lowest BCUT2D eigenvalue weighted by molar-refractivity contribution is -0.0380. The first-order chi connectivity index (χ1) is 10.2. The average Bonchev–Trinajstić information content (AvgIpc) is 3.01. The number of benzene rings is 1. The molecule has 0 radical (unpaired) electrons. The number of rotatable bonds is 4. The standard InChI is InChI=1S/C18H26BrNO/c19-16-8-6-15(7-9-16)14-17(21)18(10-2-3-11-18)20-12-4-1-5-13-20/h6-9,17,21H,1-5,10-14H2. The van der Waals surface area contributed by atoms with Crippen molar-refractivity contribution in [3.05, 3.63) is 34.3 Å². The quantitative estimate of drug-likeness (QED) is 0.880. The molecular weight excluding hydrogens is 326 g/mol. The maximum absolute atomic E-state index is 11.0. The Kier molecular flexibility index (Phi) is 5.03. The van der Waals surface area contributed by atoms with Crippen molar-refractivity contribution < 1.29 is 5.11 Å². The minimum Gasteiger partial charge on any atom is -0.391 e. The van der Waals surface area contributed by atoms with Crippen molar-refractivity contribution in [1.29, 1.82) is 0 Å². The topological polar surface area (TPSA) is 23.5 Å². The van der Waals surface area contributed by atoms with Gasteiger partial charge in [0.2, 0.25) is 0 Å². The molecule has 1 heterocycles. The van der Waals surface area contributed by atoms with Gasteiger partial charge < -0.3 is 5.11 Å². The van der Waals surface area contributed by atoms with Crippen molar-refractivity contribution in [1.82, 2.24) is 4.90 Å². The van der Waals surface area contributed by atoms with Gasteiger partial charge in [0.25, 0.3) is 0 Å². The van der Waals surface area contributed by atoms with Gasteiger partial charge in [-0.15, -0.1) is 0 Å². The number of piperidine rings is 1. The first kappa shape index (κ1) is 15.5. The summed E-state index contributed by atoms with van der Waals surface area (Å²) in [7, 11) is 0. The maximum Gasteiger partial charge on any atom is 0.0764 e. The van der Waals surface area contributed by atoms with E-state index in [1.807, 2.05) is 0 Å². The van der Waals surface area contributed by atoms with Gasteiger partial charge in [0.05, 0.1) is 6.10 Å². The van der Waals surface area contributed by atoms with E-state index in [1.165, 1.54) is 63.6 Å². The van der Waals surface area contributed by atoms with Crippen LogP contribution in [-0.2, 0) is 6.42 Å². The lowest BCUT2D eigenvalue weighted by Gasteiger charge is -2.46. The zero-order chi connectivity index (χ0) is 14.7. The number of nitrogens with zero attached hydrogens (tertiary/aromatic N) is 1. The van der Waals surface area contributed by atoms with Crippen molar-refractivity contribution in [2.24, 2.45) is 0 Å². The van der Waals surface area contributed by atoms with Gasteiger partial charge in [0.15, 0.2) is 0 Å². The smallest absolute Gasteiger partial charge is 0.0764 e. The van der Waals surface area contributed by atoms with Crippen LogP contribution in [0.4, 0.5) is 0 Å². The summed E-state index contributed by atoms with van der Waals surface area (Å²) < 4.78 is 1.10. The minimum atomic E-state index is -0.237. The van der Waals surface area contributed by atoms with Gasteiger partial charge >= 0.3 is 0 Å². The van der Waals surface area contributed by atoms with Crippen molar-refractivity contribution in [2.45, 2.75) is 63.0 Å². The molecule has 21 heavy (non-hydrogen) atoms. The van der Waals surface area contributed by atoms with E-state index in [0.717, 1.165) is 10.9 Å². The SMILES string of the molecule is OC(Cc1ccc(Br)cc1)C1(N2CCCCC2)CCCC1. The fraction of sp³-hybridized carbons (Fsp3) is 0.667. The van der Waals surface area contributed by atoms with Crippen LogP contribution < -0.4 is 0 Å². The fourth-order valence-corrected chi connectivity index (χ4v) is 4.48. The van der Waals surface area contributed by atoms with E-state index in [2.05, 4.69) is 45.1 Å². The predicted molar refractivity (Wildman–Crippen MR) is 90.5 cm³/mol. The summed E-state index contributed by atoms with van der Waals surface area (Å²) in [6.45, 7) is 2.36. The third-order valence-corrected chi connectivity index (χ3v) is 5.95. The molecule has 1 atom stereocenters. The molecule has 1 unspecified atom stereocenters. The molecule has 2 nitrogen and oxygen atoms in total. The average molecular weight is 352 g/mol. The molecule has 0 spiro atoms. The molecular formula is C18H26BrNO. The Morgan fingerprint density at radius 1 is 1.00 bits per heavy atom. The Bertz CT molecular complexity index is 447. The molecule has 3 rings (SSSR count). The highest BCUT2D eigenvalue weighted by Gasteiger charge is 2.45. The van der Waals surface area contributed by atoms with E-state index in [4.69, 9.17) is 0 Å². The van der Waals surface area contributed by atoms with Crippen molar-refractivity contribution in [3.8, 4) is 0 Å². The summed E-state index contributed by atoms with van der Waals surface area (Å²) in [5.74, 6) is 0. The van der Waals surface area contributed by atoms with Gasteiger partial charge in [0.1, 0.15) is 0 Å². The van der Waals surface area contributed by atoms with E-state index >= 15 is 0 Å². The van der Waals surface area contributed by atoms with Crippen LogP contribution in [0, 0.1) is 0 Å². The van der Waals surface area contributed by atoms with Gasteiger partial charge in [-0.25, -0.2) is 0 Å². The Balaban J connectivity index is 1.74. The molecule has 1 aromatic carbocycles. The van der Waals surface area contributed by atoms with E-state index < -0.39 is 0 Å². The second kappa shape index (κ2) is 6.80. The van der Waals surface area contributed by atoms with E-state index in [-0.39, 0.29) is 11.6 Å². The van der Waals surface area contributed by atoms with Crippen LogP contribution >= 0.6 is 15.9 Å². The van der Waals surface area contributed by atoms with E-state index in [0.29, 0.717) is 0 Å². The van der Waals surface area contributed by atoms with Crippen LogP contribution in [0.15, 0.2) is 28.7 Å². The Hall–Kier alpha value is -0.380. The van der Waals surface area contributed by atoms with E-state index in [1.54, 1.807) is 0 Å². The molecule has 1 aliphatic carbocycles. The first-order valence-electron chi connectivity index (χ1n) is 8.38. The number of aliphatic hydroxyl groups excluding tert-OH is 1. The minimum absolute atomic E-state index is 0.0491. The Morgan fingerprint density at radius 2 is 1.62 bits per heavy atom. The molecule has 2 fully saturated rings. The highest BCUT2D eigenvalue weighted by atomic mass is 79.9. The molecule has 0 amide bonds. The van der Waals surface area contributed by atoms with Gasteiger partial charge in [-0.2, -0.15) is 0 Å². The third kappa shape index (κ3) is 3.35. The van der Waals surface area contributed by atoms with Crippen LogP contribution in [0.1, 0.15) is 50.5 Å². The third-order valence-electron chi connectivity index (χ3n) is 5.42. The first-order valence-corrected chi connectivity index (χ1v) is 9.18. The number of likely N-dealkylation sites (tertiary alicyclic amines) is 1. The monoisotopic (exact) mass is 351 g/mol. The zero-order valence-electron chi connectivity index (χ0n) is 12.7. The highest BCUT2D eigenvalue weighted by molar-refractivity contribution is 9.10. The normalized spacial score (nSPS) is 24.1. The molecule has 1 saturated heterocycles. The predicted octanol–water partition coefficient (Wildman–Crippen LogP) is 4.15. The highest BCUT2D eigenvalue weighted by Crippen LogP contribution is 2.40. The van der Waals surface area contributed by atoms with Crippen LogP contribution in [0.5, 0.6) is 0 Å². The van der Waals surface area contributed by atoms with Crippen LogP contribution in [0.25, 0.3) is 0 Å². The Labute approximate surface area is 136 Å². The lowest BCUT2D eigenvalue weighted by Crippen LogP contribution is -2.57. The molecule has 1 saturated carbocycles. The summed E-state index contributed by atoms with van der Waals surface area (Å²) >= 11 is 3.48. The number of hydrogen-bond donors (Lipinski definition) is 1. The largest absolute Gasteiger partial charge is 0.391 e. The van der Waals surface area contributed by atoms with Gasteiger partial charge in [-0.05, 0) is 56.5 Å². The molecule has 1 N–H and O–H groups in total. The van der Waals surface area contributed by atoms with Gasteiger partial charge in [-0.1, -0.05) is 47.3 Å². The zero-order valence-corrected chi connectivity index (χ0v) is 14.3. The number of hydrogen-bond acceptors (Lipinski definition) is 2. The summed E-state index contributed by atoms with van der Waals surface area (Å²) in [5, 5.41) is 11.0. The second-order valence-corrected chi connectivity index (χ2v) is 7.62. The number of halogens is 1. The molecule has 2 aliphatic rings. The molecule has 1 aliphatic heterocycles. The fourth-order valence-electron chi connectivity index (χ4n) is 4.22. The Morgan fingerprint density at radius 3 is 2.24 bits per heavy atom.